The van der Waals surface area contributed by atoms with Gasteiger partial charge in [0.1, 0.15) is 18.1 Å². The average molecular weight is 693 g/mol. The lowest BCUT2D eigenvalue weighted by molar-refractivity contribution is 0.0213. The second-order valence-corrected chi connectivity index (χ2v) is 12.0. The van der Waals surface area contributed by atoms with Gasteiger partial charge in [0.05, 0.1) is 7.14 Å². The van der Waals surface area contributed by atoms with Gasteiger partial charge in [0.15, 0.2) is 21.1 Å². The minimum atomic E-state index is -0.0831. The fourth-order valence-corrected chi connectivity index (χ4v) is 8.55. The molecule has 0 fully saturated rings. The van der Waals surface area contributed by atoms with Gasteiger partial charge in [0.25, 0.3) is 0 Å². The second kappa shape index (κ2) is 10.8. The fraction of sp³-hybridized carbons (Fsp3) is 0.143. The van der Waals surface area contributed by atoms with Crippen LogP contribution in [0.2, 0.25) is 0 Å². The van der Waals surface area contributed by atoms with Crippen molar-refractivity contribution in [1.82, 2.24) is 0 Å². The Kier molecular flexibility index (Phi) is 7.58. The zero-order valence-corrected chi connectivity index (χ0v) is 23.7. The van der Waals surface area contributed by atoms with E-state index in [2.05, 4.69) is 130 Å². The molecule has 0 saturated heterocycles. The lowest BCUT2D eigenvalue weighted by Gasteiger charge is -2.13. The Bertz CT molecular complexity index is 1370. The summed E-state index contributed by atoms with van der Waals surface area (Å²) in [6.07, 6.45) is 0. The van der Waals surface area contributed by atoms with Gasteiger partial charge in [0, 0.05) is 40.0 Å². The van der Waals surface area contributed by atoms with E-state index in [4.69, 9.17) is 14.2 Å². The molecule has 0 aliphatic heterocycles. The van der Waals surface area contributed by atoms with Gasteiger partial charge in [-0.25, -0.2) is 0 Å². The summed E-state index contributed by atoms with van der Waals surface area (Å²) in [5.41, 5.74) is 1.11. The Balaban J connectivity index is 1.35. The molecular formula is C28H23I2O3S+. The molecule has 34 heavy (non-hydrogen) atoms. The van der Waals surface area contributed by atoms with Crippen molar-refractivity contribution in [3.8, 4) is 16.4 Å². The van der Waals surface area contributed by atoms with Gasteiger partial charge in [-0.1, -0.05) is 24.3 Å². The molecule has 0 spiro atoms. The predicted octanol–water partition coefficient (Wildman–Crippen LogP) is 8.89. The van der Waals surface area contributed by atoms with Crippen LogP contribution < -0.4 is 9.47 Å². The summed E-state index contributed by atoms with van der Waals surface area (Å²) in [5.74, 6) is 1.73. The van der Waals surface area contributed by atoms with E-state index in [0.717, 1.165) is 24.2 Å². The van der Waals surface area contributed by atoms with Crippen molar-refractivity contribution in [2.75, 3.05) is 13.4 Å². The van der Waals surface area contributed by atoms with Gasteiger partial charge < -0.3 is 14.2 Å². The maximum Gasteiger partial charge on any atom is 0.189 e. The maximum absolute atomic E-state index is 6.13. The van der Waals surface area contributed by atoms with Gasteiger partial charge in [0.2, 0.25) is 0 Å². The van der Waals surface area contributed by atoms with Crippen molar-refractivity contribution in [1.29, 1.82) is 0 Å². The highest BCUT2D eigenvalue weighted by Gasteiger charge is 2.22. The molecule has 172 valence electrons. The normalized spacial score (nSPS) is 11.3. The van der Waals surface area contributed by atoms with E-state index in [1.807, 2.05) is 6.92 Å². The predicted molar refractivity (Wildman–Crippen MR) is 159 cm³/mol. The quantitative estimate of drug-likeness (QED) is 0.0704. The van der Waals surface area contributed by atoms with Crippen LogP contribution in [0.5, 0.6) is 11.5 Å². The van der Waals surface area contributed by atoms with Crippen LogP contribution in [0, 0.1) is 7.14 Å². The van der Waals surface area contributed by atoms with Crippen molar-refractivity contribution in [3.05, 3.63) is 97.6 Å². The molecule has 0 aliphatic rings. The van der Waals surface area contributed by atoms with E-state index in [1.165, 1.54) is 25.1 Å². The van der Waals surface area contributed by atoms with Crippen LogP contribution in [-0.2, 0) is 11.3 Å². The third-order valence-corrected chi connectivity index (χ3v) is 9.46. The first-order valence-electron chi connectivity index (χ1n) is 11.0. The van der Waals surface area contributed by atoms with Gasteiger partial charge in [-0.05, 0) is 106 Å². The molecule has 6 heteroatoms. The molecule has 0 unspecified atom stereocenters. The van der Waals surface area contributed by atoms with Crippen molar-refractivity contribution in [2.45, 2.75) is 13.5 Å². The molecule has 5 rings (SSSR count). The number of ether oxygens (including phenoxy) is 3. The number of thiophene rings is 1. The number of hydrogen-bond donors (Lipinski definition) is 0. The van der Waals surface area contributed by atoms with Gasteiger partial charge in [-0.2, -0.15) is 0 Å². The number of benzene rings is 4. The number of hydrogen-bond acceptors (Lipinski definition) is 3. The lowest BCUT2D eigenvalue weighted by atomic mass is 10.2. The van der Waals surface area contributed by atoms with E-state index in [-0.39, 0.29) is 17.3 Å². The largest absolute Gasteiger partial charge is 0.489 e. The number of fused-ring (bicyclic) bond motifs is 3. The third kappa shape index (κ3) is 4.91. The number of halogens is 2. The summed E-state index contributed by atoms with van der Waals surface area (Å²) in [7, 11) is -0.0831. The molecule has 0 atom stereocenters. The lowest BCUT2D eigenvalue weighted by Crippen LogP contribution is -2.05. The van der Waals surface area contributed by atoms with Crippen LogP contribution in [0.25, 0.3) is 25.1 Å². The highest BCUT2D eigenvalue weighted by atomic mass is 127. The molecule has 0 saturated carbocycles. The van der Waals surface area contributed by atoms with Crippen LogP contribution in [0.4, 0.5) is 0 Å². The van der Waals surface area contributed by atoms with Gasteiger partial charge >= 0.3 is 0 Å². The Hall–Kier alpha value is -1.88. The molecule has 1 heterocycles. The monoisotopic (exact) mass is 693 g/mol. The Morgan fingerprint density at radius 2 is 1.32 bits per heavy atom. The summed E-state index contributed by atoms with van der Waals surface area (Å²) in [4.78, 5) is 1.31. The molecular weight excluding hydrogens is 670 g/mol. The van der Waals surface area contributed by atoms with Gasteiger partial charge in [-0.3, -0.25) is 0 Å². The molecule has 1 aromatic heterocycles. The minimum Gasteiger partial charge on any atom is -0.489 e. The van der Waals surface area contributed by atoms with Crippen molar-refractivity contribution in [2.24, 2.45) is 0 Å². The first-order valence-corrected chi connectivity index (χ1v) is 14.4. The first-order chi connectivity index (χ1) is 16.7. The average Bonchev–Trinajstić information content (AvgIpc) is 3.19. The van der Waals surface area contributed by atoms with Crippen molar-refractivity contribution >= 4 is 75.8 Å². The van der Waals surface area contributed by atoms with Crippen LogP contribution in [0.3, 0.4) is 0 Å². The molecule has 0 amide bonds. The molecule has 5 aromatic rings. The van der Waals surface area contributed by atoms with Crippen molar-refractivity contribution in [3.63, 3.8) is 0 Å². The zero-order valence-electron chi connectivity index (χ0n) is 18.6. The highest BCUT2D eigenvalue weighted by molar-refractivity contribution is 14.1. The molecule has 0 bridgehead atoms. The molecule has 3 nitrogen and oxygen atoms in total. The zero-order chi connectivity index (χ0) is 23.5. The highest BCUT2D eigenvalue weighted by Crippen LogP contribution is 2.48. The standard InChI is InChI=1S/C28H23I2O3S/c1-2-31-18-33-28-24(29)15-19(16-25(28)30)17-32-20-11-13-21(14-12-20)34-26-9-5-3-7-22(26)23-8-4-6-10-27(23)34/h3-16H,2,17-18H2,1H3/q+1. The number of rotatable bonds is 8. The molecule has 4 aromatic carbocycles. The molecule has 0 radical (unpaired) electrons. The Morgan fingerprint density at radius 3 is 1.91 bits per heavy atom. The van der Waals surface area contributed by atoms with Crippen LogP contribution in [0.15, 0.2) is 84.9 Å². The van der Waals surface area contributed by atoms with Crippen LogP contribution in [-0.4, -0.2) is 13.4 Å². The van der Waals surface area contributed by atoms with Crippen LogP contribution >= 0.6 is 55.7 Å². The Labute approximate surface area is 229 Å². The summed E-state index contributed by atoms with van der Waals surface area (Å²) in [6.45, 7) is 3.37. The smallest absolute Gasteiger partial charge is 0.189 e. The maximum atomic E-state index is 6.13. The third-order valence-electron chi connectivity index (χ3n) is 5.52. The summed E-state index contributed by atoms with van der Waals surface area (Å²) in [5, 5.41) is 2.69. The SMILES string of the molecule is CCOCOc1c(I)cc(COc2ccc(-[s+]3c4ccccc4c4ccccc43)cc2)cc1I. The second-order valence-electron chi connectivity index (χ2n) is 7.70. The first kappa shape index (κ1) is 23.8. The Morgan fingerprint density at radius 1 is 0.735 bits per heavy atom. The van der Waals surface area contributed by atoms with E-state index >= 15 is 0 Å². The summed E-state index contributed by atoms with van der Waals surface area (Å²) < 4.78 is 22.1. The van der Waals surface area contributed by atoms with Crippen molar-refractivity contribution < 1.29 is 14.2 Å². The minimum absolute atomic E-state index is 0.0831. The van der Waals surface area contributed by atoms with Crippen LogP contribution in [0.1, 0.15) is 12.5 Å². The summed E-state index contributed by atoms with van der Waals surface area (Å²) >= 11 is 4.61. The topological polar surface area (TPSA) is 27.7 Å². The van der Waals surface area contributed by atoms with E-state index in [1.54, 1.807) is 0 Å². The van der Waals surface area contributed by atoms with E-state index in [0.29, 0.717) is 13.2 Å². The van der Waals surface area contributed by atoms with E-state index < -0.39 is 0 Å². The fourth-order valence-electron chi connectivity index (χ4n) is 3.96. The summed E-state index contributed by atoms with van der Waals surface area (Å²) in [6, 6.07) is 30.3. The molecule has 0 N–H and O–H groups in total. The molecule has 0 aliphatic carbocycles. The van der Waals surface area contributed by atoms with Gasteiger partial charge in [-0.15, -0.1) is 0 Å². The van der Waals surface area contributed by atoms with E-state index in [9.17, 15) is 0 Å².